The minimum absolute atomic E-state index is 0.0647. The van der Waals surface area contributed by atoms with E-state index in [9.17, 15) is 13.2 Å². The normalized spacial score (nSPS) is 12.1. The van der Waals surface area contributed by atoms with E-state index in [0.29, 0.717) is 11.4 Å². The predicted octanol–water partition coefficient (Wildman–Crippen LogP) is 3.25. The molecule has 1 N–H and O–H groups in total. The van der Waals surface area contributed by atoms with Gasteiger partial charge in [-0.1, -0.05) is 39.0 Å². The Morgan fingerprint density at radius 3 is 2.30 bits per heavy atom. The molecule has 27 heavy (non-hydrogen) atoms. The van der Waals surface area contributed by atoms with Crippen LogP contribution in [0.4, 0.5) is 5.69 Å². The van der Waals surface area contributed by atoms with Gasteiger partial charge in [0.15, 0.2) is 0 Å². The lowest BCUT2D eigenvalue weighted by molar-refractivity contribution is -0.116. The van der Waals surface area contributed by atoms with Crippen LogP contribution in [0.1, 0.15) is 26.3 Å². The van der Waals surface area contributed by atoms with Crippen molar-refractivity contribution in [1.82, 2.24) is 4.31 Å². The Labute approximate surface area is 161 Å². The molecule has 1 amide bonds. The van der Waals surface area contributed by atoms with E-state index in [-0.39, 0.29) is 16.9 Å². The highest BCUT2D eigenvalue weighted by molar-refractivity contribution is 7.89. The third-order valence-electron chi connectivity index (χ3n) is 4.15. The molecule has 0 saturated heterocycles. The van der Waals surface area contributed by atoms with Crippen molar-refractivity contribution >= 4 is 21.6 Å². The van der Waals surface area contributed by atoms with E-state index < -0.39 is 15.9 Å². The Bertz CT molecular complexity index is 900. The lowest BCUT2D eigenvalue weighted by atomic mass is 9.87. The van der Waals surface area contributed by atoms with Gasteiger partial charge in [0.05, 0.1) is 18.6 Å². The molecule has 6 nitrogen and oxygen atoms in total. The van der Waals surface area contributed by atoms with Crippen molar-refractivity contribution in [1.29, 1.82) is 0 Å². The van der Waals surface area contributed by atoms with Crippen LogP contribution in [0.25, 0.3) is 0 Å². The lowest BCUT2D eigenvalue weighted by Gasteiger charge is -2.20. The van der Waals surface area contributed by atoms with E-state index in [4.69, 9.17) is 4.74 Å². The molecule has 0 aromatic heterocycles. The van der Waals surface area contributed by atoms with Crippen molar-refractivity contribution in [3.05, 3.63) is 54.1 Å². The summed E-state index contributed by atoms with van der Waals surface area (Å²) < 4.78 is 31.6. The van der Waals surface area contributed by atoms with Crippen LogP contribution in [0.5, 0.6) is 5.75 Å². The zero-order valence-electron chi connectivity index (χ0n) is 16.3. The molecule has 0 saturated carbocycles. The van der Waals surface area contributed by atoms with Crippen molar-refractivity contribution in [3.8, 4) is 5.75 Å². The maximum absolute atomic E-state index is 12.7. The Kier molecular flexibility index (Phi) is 6.28. The molecule has 0 atom stereocenters. The molecule has 7 heteroatoms. The van der Waals surface area contributed by atoms with Crippen LogP contribution in [0.3, 0.4) is 0 Å². The molecule has 2 aromatic carbocycles. The number of carbonyl (C=O) groups is 1. The smallest absolute Gasteiger partial charge is 0.243 e. The first-order valence-electron chi connectivity index (χ1n) is 8.55. The average molecular weight is 391 g/mol. The number of nitrogens with zero attached hydrogens (tertiary/aromatic N) is 1. The molecule has 0 spiro atoms. The van der Waals surface area contributed by atoms with Gasteiger partial charge in [0, 0.05) is 18.8 Å². The van der Waals surface area contributed by atoms with Crippen LogP contribution >= 0.6 is 0 Å². The van der Waals surface area contributed by atoms with Gasteiger partial charge in [-0.3, -0.25) is 4.79 Å². The SMILES string of the molecule is COc1cccc(NC(=O)CN(C)S(=O)(=O)c2ccc(C(C)(C)C)cc2)c1. The van der Waals surface area contributed by atoms with Crippen LogP contribution in [-0.2, 0) is 20.2 Å². The number of anilines is 1. The van der Waals surface area contributed by atoms with E-state index in [1.54, 1.807) is 48.5 Å². The summed E-state index contributed by atoms with van der Waals surface area (Å²) >= 11 is 0. The highest BCUT2D eigenvalue weighted by atomic mass is 32.2. The van der Waals surface area contributed by atoms with Gasteiger partial charge in [0.25, 0.3) is 0 Å². The number of benzene rings is 2. The fourth-order valence-electron chi connectivity index (χ4n) is 2.50. The summed E-state index contributed by atoms with van der Waals surface area (Å²) in [6.07, 6.45) is 0. The number of hydrogen-bond donors (Lipinski definition) is 1. The maximum Gasteiger partial charge on any atom is 0.243 e. The summed E-state index contributed by atoms with van der Waals surface area (Å²) in [5.74, 6) is 0.174. The number of carbonyl (C=O) groups excluding carboxylic acids is 1. The second-order valence-corrected chi connectivity index (χ2v) is 9.36. The minimum Gasteiger partial charge on any atom is -0.497 e. The van der Waals surface area contributed by atoms with Gasteiger partial charge in [0.1, 0.15) is 5.75 Å². The molecule has 146 valence electrons. The lowest BCUT2D eigenvalue weighted by Crippen LogP contribution is -2.35. The zero-order valence-corrected chi connectivity index (χ0v) is 17.1. The molecule has 0 aliphatic carbocycles. The molecule has 0 aliphatic rings. The second kappa shape index (κ2) is 8.10. The van der Waals surface area contributed by atoms with Crippen molar-refractivity contribution < 1.29 is 17.9 Å². The third-order valence-corrected chi connectivity index (χ3v) is 5.97. The van der Waals surface area contributed by atoms with Crippen molar-refractivity contribution in [3.63, 3.8) is 0 Å². The summed E-state index contributed by atoms with van der Waals surface area (Å²) in [5.41, 5.74) is 1.52. The van der Waals surface area contributed by atoms with Gasteiger partial charge in [-0.15, -0.1) is 0 Å². The first kappa shape index (κ1) is 20.9. The fraction of sp³-hybridized carbons (Fsp3) is 0.350. The van der Waals surface area contributed by atoms with Gasteiger partial charge < -0.3 is 10.1 Å². The number of nitrogens with one attached hydrogen (secondary N) is 1. The topological polar surface area (TPSA) is 75.7 Å². The highest BCUT2D eigenvalue weighted by Crippen LogP contribution is 2.24. The van der Waals surface area contributed by atoms with Crippen LogP contribution in [0.15, 0.2) is 53.4 Å². The number of ether oxygens (including phenoxy) is 1. The summed E-state index contributed by atoms with van der Waals surface area (Å²) in [6, 6.07) is 13.6. The number of hydrogen-bond acceptors (Lipinski definition) is 4. The van der Waals surface area contributed by atoms with E-state index in [1.807, 2.05) is 0 Å². The molecule has 0 bridgehead atoms. The largest absolute Gasteiger partial charge is 0.497 e. The van der Waals surface area contributed by atoms with Gasteiger partial charge in [0.2, 0.25) is 15.9 Å². The monoisotopic (exact) mass is 390 g/mol. The number of methoxy groups -OCH3 is 1. The van der Waals surface area contributed by atoms with E-state index in [2.05, 4.69) is 26.1 Å². The highest BCUT2D eigenvalue weighted by Gasteiger charge is 2.24. The van der Waals surface area contributed by atoms with Gasteiger partial charge in [-0.25, -0.2) is 8.42 Å². The van der Waals surface area contributed by atoms with Crippen molar-refractivity contribution in [2.45, 2.75) is 31.1 Å². The zero-order chi connectivity index (χ0) is 20.2. The first-order valence-corrected chi connectivity index (χ1v) is 9.99. The van der Waals surface area contributed by atoms with Crippen molar-refractivity contribution in [2.24, 2.45) is 0 Å². The van der Waals surface area contributed by atoms with E-state index in [0.717, 1.165) is 9.87 Å². The number of sulfonamides is 1. The second-order valence-electron chi connectivity index (χ2n) is 7.32. The summed E-state index contributed by atoms with van der Waals surface area (Å²) in [4.78, 5) is 12.4. The maximum atomic E-state index is 12.7. The summed E-state index contributed by atoms with van der Waals surface area (Å²) in [7, 11) is -0.833. The fourth-order valence-corrected chi connectivity index (χ4v) is 3.62. The van der Waals surface area contributed by atoms with Gasteiger partial charge in [-0.2, -0.15) is 4.31 Å². The molecular formula is C20H26N2O4S. The van der Waals surface area contributed by atoms with E-state index >= 15 is 0 Å². The quantitative estimate of drug-likeness (QED) is 0.821. The first-order chi connectivity index (χ1) is 12.5. The molecule has 0 fully saturated rings. The summed E-state index contributed by atoms with van der Waals surface area (Å²) in [5, 5.41) is 2.68. The summed E-state index contributed by atoms with van der Waals surface area (Å²) in [6.45, 7) is 5.89. The Morgan fingerprint density at radius 1 is 1.11 bits per heavy atom. The number of likely N-dealkylation sites (N-methyl/N-ethyl adjacent to an activating group) is 1. The van der Waals surface area contributed by atoms with Crippen LogP contribution < -0.4 is 10.1 Å². The van der Waals surface area contributed by atoms with Crippen LogP contribution in [0.2, 0.25) is 0 Å². The third kappa shape index (κ3) is 5.30. The predicted molar refractivity (Wildman–Crippen MR) is 107 cm³/mol. The van der Waals surface area contributed by atoms with Gasteiger partial charge in [-0.05, 0) is 35.2 Å². The van der Waals surface area contributed by atoms with Gasteiger partial charge >= 0.3 is 0 Å². The minimum atomic E-state index is -3.75. The molecule has 0 unspecified atom stereocenters. The van der Waals surface area contributed by atoms with Crippen molar-refractivity contribution in [2.75, 3.05) is 26.0 Å². The molecular weight excluding hydrogens is 364 g/mol. The molecule has 2 aromatic rings. The molecule has 0 radical (unpaired) electrons. The molecule has 0 heterocycles. The number of rotatable bonds is 6. The Hall–Kier alpha value is -2.38. The van der Waals surface area contributed by atoms with E-state index in [1.165, 1.54) is 14.2 Å². The Morgan fingerprint density at radius 2 is 1.74 bits per heavy atom. The molecule has 2 rings (SSSR count). The standard InChI is InChI=1S/C20H26N2O4S/c1-20(2,3)15-9-11-18(12-10-15)27(24,25)22(4)14-19(23)21-16-7-6-8-17(13-16)26-5/h6-13H,14H2,1-5H3,(H,21,23). The van der Waals surface area contributed by atoms with Crippen LogP contribution in [-0.4, -0.2) is 39.3 Å². The molecule has 0 aliphatic heterocycles. The average Bonchev–Trinajstić information content (AvgIpc) is 2.61. The van der Waals surface area contributed by atoms with Crippen LogP contribution in [0, 0.1) is 0 Å². The number of amides is 1. The Balaban J connectivity index is 2.08.